The monoisotopic (exact) mass is 312 g/mol. The van der Waals surface area contributed by atoms with Gasteiger partial charge < -0.3 is 15.0 Å². The zero-order chi connectivity index (χ0) is 16.8. The Kier molecular flexibility index (Phi) is 7.67. The van der Waals surface area contributed by atoms with Gasteiger partial charge in [-0.3, -0.25) is 0 Å². The number of carbonyl (C=O) groups excluding carboxylic acids is 1. The minimum atomic E-state index is -0.421. The second kappa shape index (κ2) is 8.76. The van der Waals surface area contributed by atoms with Gasteiger partial charge in [0.1, 0.15) is 5.60 Å². The van der Waals surface area contributed by atoms with Crippen molar-refractivity contribution in [2.75, 3.05) is 19.6 Å². The van der Waals surface area contributed by atoms with Gasteiger partial charge in [-0.2, -0.15) is 0 Å². The van der Waals surface area contributed by atoms with E-state index in [9.17, 15) is 4.79 Å². The molecule has 0 radical (unpaired) electrons. The minimum absolute atomic E-state index is 0.200. The number of amides is 1. The molecule has 2 atom stereocenters. The Bertz CT molecular complexity index is 328. The highest BCUT2D eigenvalue weighted by atomic mass is 16.6. The maximum absolute atomic E-state index is 12.1. The second-order valence-corrected chi connectivity index (χ2v) is 7.78. The second-order valence-electron chi connectivity index (χ2n) is 7.78. The third-order valence-corrected chi connectivity index (χ3v) is 4.56. The summed E-state index contributed by atoms with van der Waals surface area (Å²) in [6.45, 7) is 14.9. The standard InChI is InChI=1S/C18H36N2O2/c1-7-20(17(21)22-18(4,5)6)13-9-12-19-16-14(2)10-8-11-15(16)3/h14-16,19H,7-13H2,1-6H3. The van der Waals surface area contributed by atoms with Crippen LogP contribution in [0.5, 0.6) is 0 Å². The molecule has 0 heterocycles. The Labute approximate surface area is 137 Å². The third-order valence-electron chi connectivity index (χ3n) is 4.56. The van der Waals surface area contributed by atoms with Crippen LogP contribution in [0.25, 0.3) is 0 Å². The summed E-state index contributed by atoms with van der Waals surface area (Å²) in [7, 11) is 0. The van der Waals surface area contributed by atoms with E-state index in [0.29, 0.717) is 12.6 Å². The predicted octanol–water partition coefficient (Wildman–Crippen LogP) is 4.05. The van der Waals surface area contributed by atoms with Crippen LogP contribution in [0.1, 0.15) is 67.2 Å². The van der Waals surface area contributed by atoms with E-state index in [0.717, 1.165) is 31.3 Å². The maximum Gasteiger partial charge on any atom is 0.410 e. The molecule has 1 aliphatic carbocycles. The van der Waals surface area contributed by atoms with Crippen molar-refractivity contribution in [2.45, 2.75) is 78.9 Å². The van der Waals surface area contributed by atoms with Gasteiger partial charge in [0.15, 0.2) is 0 Å². The van der Waals surface area contributed by atoms with Gasteiger partial charge in [-0.15, -0.1) is 0 Å². The molecule has 0 aromatic heterocycles. The van der Waals surface area contributed by atoms with Crippen LogP contribution in [0, 0.1) is 11.8 Å². The first-order valence-corrected chi connectivity index (χ1v) is 8.96. The highest BCUT2D eigenvalue weighted by molar-refractivity contribution is 5.68. The zero-order valence-electron chi connectivity index (χ0n) is 15.4. The number of nitrogens with zero attached hydrogens (tertiary/aromatic N) is 1. The Morgan fingerprint density at radius 2 is 1.82 bits per heavy atom. The molecule has 0 aromatic carbocycles. The highest BCUT2D eigenvalue weighted by Crippen LogP contribution is 2.28. The number of nitrogens with one attached hydrogen (secondary N) is 1. The molecule has 1 aliphatic rings. The van der Waals surface area contributed by atoms with Crippen molar-refractivity contribution < 1.29 is 9.53 Å². The van der Waals surface area contributed by atoms with E-state index >= 15 is 0 Å². The van der Waals surface area contributed by atoms with Gasteiger partial charge in [0.2, 0.25) is 0 Å². The van der Waals surface area contributed by atoms with Gasteiger partial charge in [0.25, 0.3) is 0 Å². The Hall–Kier alpha value is -0.770. The van der Waals surface area contributed by atoms with Crippen molar-refractivity contribution in [1.29, 1.82) is 0 Å². The van der Waals surface area contributed by atoms with E-state index in [1.807, 2.05) is 27.7 Å². The van der Waals surface area contributed by atoms with Crippen LogP contribution >= 0.6 is 0 Å². The van der Waals surface area contributed by atoms with Crippen molar-refractivity contribution in [2.24, 2.45) is 11.8 Å². The Balaban J connectivity index is 2.30. The van der Waals surface area contributed by atoms with Crippen molar-refractivity contribution in [3.05, 3.63) is 0 Å². The fourth-order valence-corrected chi connectivity index (χ4v) is 3.33. The lowest BCUT2D eigenvalue weighted by Crippen LogP contribution is -2.44. The lowest BCUT2D eigenvalue weighted by atomic mass is 9.79. The molecule has 22 heavy (non-hydrogen) atoms. The molecule has 2 unspecified atom stereocenters. The number of carbonyl (C=O) groups is 1. The SMILES string of the molecule is CCN(CCCNC1C(C)CCCC1C)C(=O)OC(C)(C)C. The van der Waals surface area contributed by atoms with Gasteiger partial charge in [0.05, 0.1) is 0 Å². The topological polar surface area (TPSA) is 41.6 Å². The summed E-state index contributed by atoms with van der Waals surface area (Å²) in [5.41, 5.74) is -0.421. The van der Waals surface area contributed by atoms with Crippen LogP contribution in [0.2, 0.25) is 0 Å². The van der Waals surface area contributed by atoms with Crippen molar-refractivity contribution >= 4 is 6.09 Å². The molecule has 1 saturated carbocycles. The van der Waals surface area contributed by atoms with Crippen molar-refractivity contribution in [3.8, 4) is 0 Å². The first-order chi connectivity index (χ1) is 10.2. The van der Waals surface area contributed by atoms with Gasteiger partial charge in [-0.25, -0.2) is 4.79 Å². The first kappa shape index (κ1) is 19.3. The third kappa shape index (κ3) is 6.55. The lowest BCUT2D eigenvalue weighted by molar-refractivity contribution is 0.0257. The molecule has 1 amide bonds. The summed E-state index contributed by atoms with van der Waals surface area (Å²) in [5.74, 6) is 1.52. The first-order valence-electron chi connectivity index (χ1n) is 8.96. The van der Waals surface area contributed by atoms with Gasteiger partial charge in [-0.05, 0) is 65.3 Å². The van der Waals surface area contributed by atoms with Crippen LogP contribution in [-0.2, 0) is 4.74 Å². The van der Waals surface area contributed by atoms with E-state index in [1.165, 1.54) is 19.3 Å². The van der Waals surface area contributed by atoms with E-state index in [4.69, 9.17) is 4.74 Å². The molecular formula is C18H36N2O2. The summed E-state index contributed by atoms with van der Waals surface area (Å²) in [5, 5.41) is 3.71. The quantitative estimate of drug-likeness (QED) is 0.752. The van der Waals surface area contributed by atoms with Crippen molar-refractivity contribution in [3.63, 3.8) is 0 Å². The van der Waals surface area contributed by atoms with Crippen LogP contribution < -0.4 is 5.32 Å². The molecule has 1 fully saturated rings. The van der Waals surface area contributed by atoms with Crippen molar-refractivity contribution in [1.82, 2.24) is 10.2 Å². The number of ether oxygens (including phenoxy) is 1. The van der Waals surface area contributed by atoms with Crippen LogP contribution in [0.3, 0.4) is 0 Å². The molecule has 1 N–H and O–H groups in total. The average molecular weight is 312 g/mol. The zero-order valence-corrected chi connectivity index (χ0v) is 15.4. The lowest BCUT2D eigenvalue weighted by Gasteiger charge is -2.35. The Morgan fingerprint density at radius 3 is 2.32 bits per heavy atom. The minimum Gasteiger partial charge on any atom is -0.444 e. The van der Waals surface area contributed by atoms with E-state index in [-0.39, 0.29) is 6.09 Å². The molecular weight excluding hydrogens is 276 g/mol. The molecule has 0 spiro atoms. The number of hydrogen-bond donors (Lipinski definition) is 1. The fraction of sp³-hybridized carbons (Fsp3) is 0.944. The summed E-state index contributed by atoms with van der Waals surface area (Å²) in [4.78, 5) is 13.9. The summed E-state index contributed by atoms with van der Waals surface area (Å²) in [6.07, 6.45) is 4.81. The Morgan fingerprint density at radius 1 is 1.23 bits per heavy atom. The molecule has 0 bridgehead atoms. The van der Waals surface area contributed by atoms with E-state index in [1.54, 1.807) is 4.90 Å². The highest BCUT2D eigenvalue weighted by Gasteiger charge is 2.27. The molecule has 0 aliphatic heterocycles. The summed E-state index contributed by atoms with van der Waals surface area (Å²) in [6, 6.07) is 0.630. The van der Waals surface area contributed by atoms with Crippen LogP contribution in [0.15, 0.2) is 0 Å². The van der Waals surface area contributed by atoms with Crippen LogP contribution in [0.4, 0.5) is 4.79 Å². The number of rotatable bonds is 6. The van der Waals surface area contributed by atoms with E-state index < -0.39 is 5.60 Å². The van der Waals surface area contributed by atoms with Gasteiger partial charge in [0, 0.05) is 19.1 Å². The molecule has 4 nitrogen and oxygen atoms in total. The molecule has 0 saturated heterocycles. The maximum atomic E-state index is 12.1. The van der Waals surface area contributed by atoms with Gasteiger partial charge >= 0.3 is 6.09 Å². The molecule has 4 heteroatoms. The summed E-state index contributed by atoms with van der Waals surface area (Å²) < 4.78 is 5.44. The normalized spacial score (nSPS) is 25.8. The fourth-order valence-electron chi connectivity index (χ4n) is 3.33. The van der Waals surface area contributed by atoms with Gasteiger partial charge in [-0.1, -0.05) is 20.3 Å². The smallest absolute Gasteiger partial charge is 0.410 e. The summed E-state index contributed by atoms with van der Waals surface area (Å²) >= 11 is 0. The molecule has 0 aromatic rings. The molecule has 130 valence electrons. The predicted molar refractivity (Wildman–Crippen MR) is 92.1 cm³/mol. The van der Waals surface area contributed by atoms with E-state index in [2.05, 4.69) is 19.2 Å². The largest absolute Gasteiger partial charge is 0.444 e. The average Bonchev–Trinajstić information content (AvgIpc) is 2.39. The number of hydrogen-bond acceptors (Lipinski definition) is 3. The molecule has 1 rings (SSSR count). The van der Waals surface area contributed by atoms with Crippen LogP contribution in [-0.4, -0.2) is 42.3 Å².